The fraction of sp³-hybridized carbons (Fsp3) is 0.273. The predicted octanol–water partition coefficient (Wildman–Crippen LogP) is 8.19. The summed E-state index contributed by atoms with van der Waals surface area (Å²) in [6.07, 6.45) is 1.10. The second kappa shape index (κ2) is 11.1. The number of nitrogens with two attached hydrogens (primary N) is 1. The van der Waals surface area contributed by atoms with Gasteiger partial charge in [0, 0.05) is 26.9 Å². The molecule has 5 rings (SSSR count). The van der Waals surface area contributed by atoms with Crippen LogP contribution in [0.4, 0.5) is 5.69 Å². The van der Waals surface area contributed by atoms with Gasteiger partial charge >= 0.3 is 0 Å². The highest BCUT2D eigenvalue weighted by Gasteiger charge is 2.45. The largest absolute Gasteiger partial charge is 0.488 e. The Labute approximate surface area is 258 Å². The molecule has 1 aliphatic carbocycles. The zero-order chi connectivity index (χ0) is 28.8. The van der Waals surface area contributed by atoms with Crippen LogP contribution in [0.3, 0.4) is 0 Å². The molecule has 0 saturated heterocycles. The molecule has 0 fully saturated rings. The van der Waals surface area contributed by atoms with Gasteiger partial charge in [-0.05, 0) is 117 Å². The number of carbonyl (C=O) groups excluding carboxylic acids is 1. The average Bonchev–Trinajstić information content (AvgIpc) is 2.89. The molecule has 7 heteroatoms. The standard InChI is InChI=1S/C33H31BrIN3O2/c1-19-13-21(18-40-29-8-6-5-7-26(29)34)20(2)24(14-19)30-25(17-36)32(37)38(23-11-9-22(35)10-12-23)27-15-33(3,4)16-28(39)31(27)30/h5-14,30H,15-16,18,37H2,1-4H3. The van der Waals surface area contributed by atoms with Gasteiger partial charge in [-0.1, -0.05) is 43.7 Å². The molecule has 1 unspecified atom stereocenters. The van der Waals surface area contributed by atoms with Crippen molar-refractivity contribution >= 4 is 50.0 Å². The number of carbonyl (C=O) groups is 1. The number of aryl methyl sites for hydroxylation is 1. The molecule has 0 bridgehead atoms. The molecule has 5 nitrogen and oxygen atoms in total. The van der Waals surface area contributed by atoms with Gasteiger partial charge in [-0.2, -0.15) is 5.26 Å². The van der Waals surface area contributed by atoms with Gasteiger partial charge < -0.3 is 10.5 Å². The van der Waals surface area contributed by atoms with Crippen molar-refractivity contribution in [1.82, 2.24) is 0 Å². The van der Waals surface area contributed by atoms with E-state index in [-0.39, 0.29) is 11.2 Å². The minimum Gasteiger partial charge on any atom is -0.488 e. The topological polar surface area (TPSA) is 79.3 Å². The first kappa shape index (κ1) is 28.4. The minimum absolute atomic E-state index is 0.0685. The van der Waals surface area contributed by atoms with Crippen molar-refractivity contribution in [2.75, 3.05) is 4.90 Å². The zero-order valence-corrected chi connectivity index (χ0v) is 26.8. The van der Waals surface area contributed by atoms with Crippen molar-refractivity contribution in [3.05, 3.63) is 114 Å². The first-order chi connectivity index (χ1) is 19.0. The van der Waals surface area contributed by atoms with Crippen LogP contribution in [0.25, 0.3) is 0 Å². The number of rotatable bonds is 5. The summed E-state index contributed by atoms with van der Waals surface area (Å²) in [6.45, 7) is 8.67. The van der Waals surface area contributed by atoms with Gasteiger partial charge in [0.2, 0.25) is 0 Å². The lowest BCUT2D eigenvalue weighted by atomic mass is 9.68. The third-order valence-electron chi connectivity index (χ3n) is 7.70. The van der Waals surface area contributed by atoms with Gasteiger partial charge in [0.05, 0.1) is 22.0 Å². The fourth-order valence-electron chi connectivity index (χ4n) is 5.84. The van der Waals surface area contributed by atoms with Crippen LogP contribution in [0, 0.1) is 34.2 Å². The number of anilines is 1. The summed E-state index contributed by atoms with van der Waals surface area (Å²) in [5.74, 6) is 0.668. The second-order valence-corrected chi connectivity index (χ2v) is 13.4. The van der Waals surface area contributed by atoms with E-state index in [0.717, 1.165) is 47.4 Å². The van der Waals surface area contributed by atoms with E-state index in [1.165, 1.54) is 0 Å². The van der Waals surface area contributed by atoms with Gasteiger partial charge in [-0.3, -0.25) is 9.69 Å². The lowest BCUT2D eigenvalue weighted by Gasteiger charge is -2.44. The molecule has 1 aliphatic heterocycles. The fourth-order valence-corrected chi connectivity index (χ4v) is 6.59. The Morgan fingerprint density at radius 1 is 1.12 bits per heavy atom. The van der Waals surface area contributed by atoms with Crippen LogP contribution in [-0.2, 0) is 11.4 Å². The van der Waals surface area contributed by atoms with Gasteiger partial charge in [0.25, 0.3) is 0 Å². The first-order valence-corrected chi connectivity index (χ1v) is 15.1. The number of halogens is 2. The summed E-state index contributed by atoms with van der Waals surface area (Å²) < 4.78 is 8.16. The lowest BCUT2D eigenvalue weighted by Crippen LogP contribution is -2.42. The molecule has 0 radical (unpaired) electrons. The predicted molar refractivity (Wildman–Crippen MR) is 171 cm³/mol. The Morgan fingerprint density at radius 3 is 2.50 bits per heavy atom. The van der Waals surface area contributed by atoms with E-state index in [1.54, 1.807) is 0 Å². The van der Waals surface area contributed by atoms with Crippen molar-refractivity contribution in [1.29, 1.82) is 5.26 Å². The number of allylic oxidation sites excluding steroid dienone is 3. The number of Topliss-reactive ketones (excluding diaryl/α,β-unsaturated/α-hetero) is 1. The highest BCUT2D eigenvalue weighted by atomic mass is 127. The molecule has 1 atom stereocenters. The van der Waals surface area contributed by atoms with Crippen molar-refractivity contribution < 1.29 is 9.53 Å². The zero-order valence-electron chi connectivity index (χ0n) is 23.0. The Kier molecular flexibility index (Phi) is 7.86. The molecule has 1 heterocycles. The van der Waals surface area contributed by atoms with Crippen LogP contribution in [0.2, 0.25) is 0 Å². The number of nitriles is 1. The van der Waals surface area contributed by atoms with E-state index in [9.17, 15) is 10.1 Å². The third-order valence-corrected chi connectivity index (χ3v) is 9.07. The summed E-state index contributed by atoms with van der Waals surface area (Å²) >= 11 is 5.83. The summed E-state index contributed by atoms with van der Waals surface area (Å²) in [4.78, 5) is 15.9. The van der Waals surface area contributed by atoms with Crippen molar-refractivity contribution in [3.63, 3.8) is 0 Å². The van der Waals surface area contributed by atoms with Crippen LogP contribution < -0.4 is 15.4 Å². The number of benzene rings is 3. The van der Waals surface area contributed by atoms with Crippen LogP contribution in [-0.4, -0.2) is 5.78 Å². The quantitative estimate of drug-likeness (QED) is 0.271. The van der Waals surface area contributed by atoms with E-state index in [4.69, 9.17) is 10.5 Å². The second-order valence-electron chi connectivity index (χ2n) is 11.3. The van der Waals surface area contributed by atoms with Crippen LogP contribution in [0.15, 0.2) is 87.8 Å². The smallest absolute Gasteiger partial charge is 0.162 e. The normalized spacial score (nSPS) is 18.5. The van der Waals surface area contributed by atoms with Gasteiger partial charge in [-0.25, -0.2) is 0 Å². The molecule has 3 aromatic rings. The minimum atomic E-state index is -0.536. The molecular weight excluding hydrogens is 677 g/mol. The SMILES string of the molecule is Cc1cc(COc2ccccc2Br)c(C)c(C2C(C#N)=C(N)N(c3ccc(I)cc3)C3=C2C(=O)CC(C)(C)C3)c1. The number of nitrogens with zero attached hydrogens (tertiary/aromatic N) is 2. The molecule has 0 amide bonds. The van der Waals surface area contributed by atoms with E-state index in [1.807, 2.05) is 67.3 Å². The summed E-state index contributed by atoms with van der Waals surface area (Å²) in [6, 6.07) is 22.4. The van der Waals surface area contributed by atoms with Crippen molar-refractivity contribution in [3.8, 4) is 11.8 Å². The molecule has 0 aromatic heterocycles. The number of hydrogen-bond donors (Lipinski definition) is 1. The molecule has 204 valence electrons. The first-order valence-electron chi connectivity index (χ1n) is 13.2. The monoisotopic (exact) mass is 707 g/mol. The number of para-hydroxylation sites is 1. The van der Waals surface area contributed by atoms with Crippen molar-refractivity contribution in [2.24, 2.45) is 11.1 Å². The third kappa shape index (κ3) is 5.31. The number of hydrogen-bond acceptors (Lipinski definition) is 5. The lowest BCUT2D eigenvalue weighted by molar-refractivity contribution is -0.118. The van der Waals surface area contributed by atoms with E-state index in [0.29, 0.717) is 36.4 Å². The summed E-state index contributed by atoms with van der Waals surface area (Å²) in [5, 5.41) is 10.5. The van der Waals surface area contributed by atoms with Crippen LogP contribution in [0.5, 0.6) is 5.75 Å². The average molecular weight is 708 g/mol. The molecule has 3 aromatic carbocycles. The van der Waals surface area contributed by atoms with Gasteiger partial charge in [-0.15, -0.1) is 0 Å². The Balaban J connectivity index is 1.67. The Bertz CT molecular complexity index is 1620. The molecule has 2 N–H and O–H groups in total. The molecule has 2 aliphatic rings. The van der Waals surface area contributed by atoms with E-state index >= 15 is 0 Å². The Hall–Kier alpha value is -3.09. The summed E-state index contributed by atoms with van der Waals surface area (Å²) in [7, 11) is 0. The van der Waals surface area contributed by atoms with E-state index < -0.39 is 5.92 Å². The molecule has 0 saturated carbocycles. The Morgan fingerprint density at radius 2 is 1.82 bits per heavy atom. The number of ketones is 1. The van der Waals surface area contributed by atoms with Crippen LogP contribution >= 0.6 is 38.5 Å². The van der Waals surface area contributed by atoms with Crippen molar-refractivity contribution in [2.45, 2.75) is 53.1 Å². The maximum atomic E-state index is 14.0. The highest BCUT2D eigenvalue weighted by molar-refractivity contribution is 14.1. The maximum absolute atomic E-state index is 14.0. The maximum Gasteiger partial charge on any atom is 0.162 e. The molecular formula is C33H31BrIN3O2. The van der Waals surface area contributed by atoms with E-state index in [2.05, 4.69) is 70.6 Å². The number of ether oxygens (including phenoxy) is 1. The molecule has 0 spiro atoms. The van der Waals surface area contributed by atoms with Crippen LogP contribution in [0.1, 0.15) is 54.9 Å². The molecule has 40 heavy (non-hydrogen) atoms. The van der Waals surface area contributed by atoms with Gasteiger partial charge in [0.15, 0.2) is 5.78 Å². The summed E-state index contributed by atoms with van der Waals surface area (Å²) in [5.41, 5.74) is 13.4. The van der Waals surface area contributed by atoms with Gasteiger partial charge in [0.1, 0.15) is 18.2 Å². The highest BCUT2D eigenvalue weighted by Crippen LogP contribution is 2.51.